The molecular formula is C33H29ClN4O5S. The lowest BCUT2D eigenvalue weighted by molar-refractivity contribution is -0.123. The first-order chi connectivity index (χ1) is 21.5. The van der Waals surface area contributed by atoms with Crippen LogP contribution in [0.2, 0.25) is 5.02 Å². The Hall–Kier alpha value is -4.67. The number of benzene rings is 3. The van der Waals surface area contributed by atoms with Crippen LogP contribution < -0.4 is 19.7 Å². The molecular weight excluding hydrogens is 600 g/mol. The molecule has 1 atom stereocenters. The van der Waals surface area contributed by atoms with Gasteiger partial charge < -0.3 is 19.2 Å². The molecule has 5 aromatic rings. The summed E-state index contributed by atoms with van der Waals surface area (Å²) in [5.41, 5.74) is 3.84. The minimum absolute atomic E-state index is 0.130. The number of fused-ring (bicyclic) bond motifs is 1. The maximum Gasteiger partial charge on any atom is 0.240 e. The highest BCUT2D eigenvalue weighted by Gasteiger charge is 2.38. The number of ether oxygens (including phenoxy) is 2. The van der Waals surface area contributed by atoms with Crippen molar-refractivity contribution in [1.29, 1.82) is 0 Å². The highest BCUT2D eigenvalue weighted by molar-refractivity contribution is 8.00. The average Bonchev–Trinajstić information content (AvgIpc) is 3.69. The predicted molar refractivity (Wildman–Crippen MR) is 171 cm³/mol. The van der Waals surface area contributed by atoms with Crippen molar-refractivity contribution in [2.24, 2.45) is 0 Å². The molecule has 0 fully saturated rings. The number of aromatic nitrogens is 2. The van der Waals surface area contributed by atoms with Crippen LogP contribution >= 0.6 is 23.4 Å². The van der Waals surface area contributed by atoms with E-state index in [1.54, 1.807) is 37.3 Å². The molecule has 1 N–H and O–H groups in total. The maximum atomic E-state index is 13.9. The lowest BCUT2D eigenvalue weighted by Crippen LogP contribution is -2.42. The third kappa shape index (κ3) is 5.91. The number of rotatable bonds is 9. The SMILES string of the molecule is COc1ccc(-n2nc(-c3ccc(Cl)cc3)c3c2N(CC(=O)NCc2ccco2)C(=O)CS[C@@H]3c2ccccc2OC)cc1. The van der Waals surface area contributed by atoms with Crippen LogP contribution in [0, 0.1) is 0 Å². The van der Waals surface area contributed by atoms with Gasteiger partial charge in [0.2, 0.25) is 11.8 Å². The summed E-state index contributed by atoms with van der Waals surface area (Å²) in [4.78, 5) is 28.8. The molecule has 0 radical (unpaired) electrons. The van der Waals surface area contributed by atoms with Gasteiger partial charge in [0.25, 0.3) is 0 Å². The quantitative estimate of drug-likeness (QED) is 0.205. The molecule has 0 unspecified atom stereocenters. The Morgan fingerprint density at radius 3 is 2.50 bits per heavy atom. The Kier molecular flexibility index (Phi) is 8.63. The van der Waals surface area contributed by atoms with E-state index in [9.17, 15) is 9.59 Å². The molecule has 0 bridgehead atoms. The van der Waals surface area contributed by atoms with E-state index in [0.29, 0.717) is 39.5 Å². The smallest absolute Gasteiger partial charge is 0.240 e. The fourth-order valence-electron chi connectivity index (χ4n) is 5.17. The number of hydrogen-bond donors (Lipinski definition) is 1. The second-order valence-corrected chi connectivity index (χ2v) is 11.5. The van der Waals surface area contributed by atoms with Gasteiger partial charge in [0, 0.05) is 21.7 Å². The fraction of sp³-hybridized carbons (Fsp3) is 0.182. The van der Waals surface area contributed by atoms with Crippen molar-refractivity contribution >= 4 is 41.0 Å². The van der Waals surface area contributed by atoms with Crippen molar-refractivity contribution in [2.45, 2.75) is 11.8 Å². The zero-order valence-electron chi connectivity index (χ0n) is 24.0. The summed E-state index contributed by atoms with van der Waals surface area (Å²) in [7, 11) is 3.23. The van der Waals surface area contributed by atoms with Crippen molar-refractivity contribution in [3.8, 4) is 28.4 Å². The van der Waals surface area contributed by atoms with Crippen LogP contribution in [0.3, 0.4) is 0 Å². The normalized spacial score (nSPS) is 14.6. The summed E-state index contributed by atoms with van der Waals surface area (Å²) in [6.45, 7) is -0.0132. The van der Waals surface area contributed by atoms with Crippen LogP contribution in [0.4, 0.5) is 5.82 Å². The Morgan fingerprint density at radius 2 is 1.80 bits per heavy atom. The van der Waals surface area contributed by atoms with Crippen molar-refractivity contribution in [2.75, 3.05) is 31.4 Å². The van der Waals surface area contributed by atoms with E-state index in [1.807, 2.05) is 72.8 Å². The fourth-order valence-corrected chi connectivity index (χ4v) is 6.52. The third-order valence-corrected chi connectivity index (χ3v) is 8.78. The van der Waals surface area contributed by atoms with Crippen molar-refractivity contribution in [1.82, 2.24) is 15.1 Å². The number of methoxy groups -OCH3 is 2. The summed E-state index contributed by atoms with van der Waals surface area (Å²) >= 11 is 7.74. The third-order valence-electron chi connectivity index (χ3n) is 7.29. The molecule has 0 aliphatic carbocycles. The Labute approximate surface area is 263 Å². The molecule has 2 aromatic heterocycles. The molecule has 1 aliphatic heterocycles. The highest BCUT2D eigenvalue weighted by atomic mass is 35.5. The zero-order chi connectivity index (χ0) is 30.6. The van der Waals surface area contributed by atoms with Gasteiger partial charge in [0.15, 0.2) is 0 Å². The summed E-state index contributed by atoms with van der Waals surface area (Å²) < 4.78 is 18.3. The zero-order valence-corrected chi connectivity index (χ0v) is 25.6. The Morgan fingerprint density at radius 1 is 1.02 bits per heavy atom. The lowest BCUT2D eigenvalue weighted by Gasteiger charge is -2.23. The number of halogens is 1. The van der Waals surface area contributed by atoms with Gasteiger partial charge >= 0.3 is 0 Å². The van der Waals surface area contributed by atoms with E-state index in [-0.39, 0.29) is 35.9 Å². The first kappa shape index (κ1) is 29.4. The van der Waals surface area contributed by atoms with E-state index in [0.717, 1.165) is 16.7 Å². The molecule has 224 valence electrons. The number of nitrogens with zero attached hydrogens (tertiary/aromatic N) is 3. The van der Waals surface area contributed by atoms with Crippen LogP contribution in [0.25, 0.3) is 16.9 Å². The average molecular weight is 629 g/mol. The molecule has 9 nitrogen and oxygen atoms in total. The number of anilines is 1. The highest BCUT2D eigenvalue weighted by Crippen LogP contribution is 2.50. The maximum absolute atomic E-state index is 13.9. The number of amides is 2. The number of hydrogen-bond acceptors (Lipinski definition) is 7. The van der Waals surface area contributed by atoms with Gasteiger partial charge in [-0.2, -0.15) is 5.10 Å². The number of thioether (sulfide) groups is 1. The first-order valence-corrected chi connectivity index (χ1v) is 15.3. The molecule has 0 spiro atoms. The second-order valence-electron chi connectivity index (χ2n) is 9.97. The van der Waals surface area contributed by atoms with Crippen molar-refractivity contribution < 1.29 is 23.5 Å². The largest absolute Gasteiger partial charge is 0.497 e. The number of nitrogens with one attached hydrogen (secondary N) is 1. The van der Waals surface area contributed by atoms with Gasteiger partial charge in [-0.15, -0.1) is 11.8 Å². The minimum atomic E-state index is -0.348. The molecule has 44 heavy (non-hydrogen) atoms. The molecule has 6 rings (SSSR count). The first-order valence-electron chi connectivity index (χ1n) is 13.8. The Bertz CT molecular complexity index is 1770. The van der Waals surface area contributed by atoms with Crippen LogP contribution in [-0.4, -0.2) is 48.1 Å². The van der Waals surface area contributed by atoms with Crippen molar-refractivity contribution in [3.63, 3.8) is 0 Å². The predicted octanol–water partition coefficient (Wildman–Crippen LogP) is 6.29. The summed E-state index contributed by atoms with van der Waals surface area (Å²) in [6, 6.07) is 26.1. The molecule has 3 heterocycles. The van der Waals surface area contributed by atoms with Gasteiger partial charge in [0.1, 0.15) is 29.6 Å². The van der Waals surface area contributed by atoms with Gasteiger partial charge in [-0.05, 0) is 54.6 Å². The van der Waals surface area contributed by atoms with Gasteiger partial charge in [-0.3, -0.25) is 14.5 Å². The van der Waals surface area contributed by atoms with E-state index < -0.39 is 0 Å². The number of para-hydroxylation sites is 1. The standard InChI is InChI=1S/C33H29ClN4O5S/c1-41-24-15-13-23(14-16-24)38-33-30(31(36-38)21-9-11-22(34)12-10-21)32(26-7-3-4-8-27(26)42-2)44-20-29(40)37(33)19-28(39)35-18-25-6-5-17-43-25/h3-17,32H,18-20H2,1-2H3,(H,35,39)/t32-/m1/s1. The topological polar surface area (TPSA) is 98.8 Å². The molecule has 11 heteroatoms. The van der Waals surface area contributed by atoms with Gasteiger partial charge in [-0.1, -0.05) is 41.9 Å². The minimum Gasteiger partial charge on any atom is -0.497 e. The monoisotopic (exact) mass is 628 g/mol. The van der Waals surface area contributed by atoms with Crippen molar-refractivity contribution in [3.05, 3.63) is 113 Å². The van der Waals surface area contributed by atoms with Crippen LogP contribution in [-0.2, 0) is 16.1 Å². The summed E-state index contributed by atoms with van der Waals surface area (Å²) in [5.74, 6) is 2.05. The lowest BCUT2D eigenvalue weighted by atomic mass is 9.99. The van der Waals surface area contributed by atoms with E-state index in [2.05, 4.69) is 5.32 Å². The molecule has 1 aliphatic rings. The van der Waals surface area contributed by atoms with E-state index >= 15 is 0 Å². The molecule has 3 aromatic carbocycles. The Balaban J connectivity index is 1.56. The summed E-state index contributed by atoms with van der Waals surface area (Å²) in [6.07, 6.45) is 1.55. The van der Waals surface area contributed by atoms with E-state index in [1.165, 1.54) is 16.7 Å². The van der Waals surface area contributed by atoms with Gasteiger partial charge in [-0.25, -0.2) is 4.68 Å². The van der Waals surface area contributed by atoms with Crippen LogP contribution in [0.1, 0.15) is 22.1 Å². The van der Waals surface area contributed by atoms with E-state index in [4.69, 9.17) is 30.6 Å². The molecule has 0 saturated carbocycles. The molecule has 2 amide bonds. The number of carbonyl (C=O) groups excluding carboxylic acids is 2. The van der Waals surface area contributed by atoms with Crippen LogP contribution in [0.5, 0.6) is 11.5 Å². The molecule has 0 saturated heterocycles. The van der Waals surface area contributed by atoms with Gasteiger partial charge in [0.05, 0.1) is 49.4 Å². The summed E-state index contributed by atoms with van der Waals surface area (Å²) in [5, 5.41) is 8.22. The number of carbonyl (C=O) groups is 2. The second kappa shape index (κ2) is 12.9. The number of furan rings is 1. The van der Waals surface area contributed by atoms with Crippen LogP contribution in [0.15, 0.2) is 95.6 Å².